The second-order valence-corrected chi connectivity index (χ2v) is 11.0. The molecular formula is C30H30F3N9O. The van der Waals surface area contributed by atoms with E-state index in [0.29, 0.717) is 54.0 Å². The van der Waals surface area contributed by atoms with E-state index in [4.69, 9.17) is 14.7 Å². The number of halogens is 3. The predicted molar refractivity (Wildman–Crippen MR) is 152 cm³/mol. The SMILES string of the molecule is COc1ncnc(C2CC2)c1-c1nc2c(c(NCc3ccc(-c4nc(C(F)(F)F)cn4C)cc3)n1)CC(N(C)C#N)CC2. The van der Waals surface area contributed by atoms with Gasteiger partial charge in [-0.25, -0.2) is 24.9 Å². The molecule has 1 aromatic carbocycles. The Hall–Kier alpha value is -4.73. The number of ether oxygens (including phenoxy) is 1. The van der Waals surface area contributed by atoms with Gasteiger partial charge in [0.1, 0.15) is 23.5 Å². The number of aryl methyl sites for hydroxylation is 2. The molecule has 1 unspecified atom stereocenters. The van der Waals surface area contributed by atoms with Crippen molar-refractivity contribution in [1.29, 1.82) is 5.26 Å². The molecule has 1 atom stereocenters. The molecule has 2 aliphatic rings. The fourth-order valence-corrected chi connectivity index (χ4v) is 5.50. The predicted octanol–water partition coefficient (Wildman–Crippen LogP) is 5.12. The molecule has 1 N–H and O–H groups in total. The zero-order chi connectivity index (χ0) is 30.3. The average molecular weight is 590 g/mol. The van der Waals surface area contributed by atoms with Crippen LogP contribution in [0, 0.1) is 11.5 Å². The molecular weight excluding hydrogens is 559 g/mol. The minimum Gasteiger partial charge on any atom is -0.480 e. The summed E-state index contributed by atoms with van der Waals surface area (Å²) in [6, 6.07) is 7.25. The number of hydrogen-bond acceptors (Lipinski definition) is 9. The maximum Gasteiger partial charge on any atom is 0.434 e. The number of nitrogens with one attached hydrogen (secondary N) is 1. The molecule has 6 rings (SSSR count). The minimum absolute atomic E-state index is 0.0304. The van der Waals surface area contributed by atoms with Gasteiger partial charge < -0.3 is 19.5 Å². The van der Waals surface area contributed by atoms with Crippen molar-refractivity contribution in [2.45, 2.75) is 56.8 Å². The first-order chi connectivity index (χ1) is 20.7. The summed E-state index contributed by atoms with van der Waals surface area (Å²) in [7, 11) is 4.90. The number of benzene rings is 1. The quantitative estimate of drug-likeness (QED) is 0.221. The summed E-state index contributed by atoms with van der Waals surface area (Å²) in [4.78, 5) is 24.3. The van der Waals surface area contributed by atoms with E-state index in [2.05, 4.69) is 26.5 Å². The van der Waals surface area contributed by atoms with Gasteiger partial charge in [0, 0.05) is 55.6 Å². The van der Waals surface area contributed by atoms with Gasteiger partial charge in [-0.3, -0.25) is 0 Å². The van der Waals surface area contributed by atoms with Gasteiger partial charge in [0.2, 0.25) is 5.88 Å². The lowest BCUT2D eigenvalue weighted by molar-refractivity contribution is -0.140. The van der Waals surface area contributed by atoms with Crippen LogP contribution < -0.4 is 10.1 Å². The normalized spacial score (nSPS) is 16.3. The number of alkyl halides is 3. The standard InChI is InChI=1S/C30H30F3N9O/c1-41-14-23(30(31,32)33)39-28(41)19-6-4-17(5-7-19)13-35-26-21-12-20(42(2)15-34)10-11-22(21)38-27(40-26)24-25(18-8-9-18)36-16-37-29(24)43-3/h4-7,14,16,18,20H,8-13H2,1-3H3,(H,35,38,40). The van der Waals surface area contributed by atoms with Gasteiger partial charge in [-0.2, -0.15) is 18.4 Å². The largest absolute Gasteiger partial charge is 0.480 e. The maximum absolute atomic E-state index is 13.1. The van der Waals surface area contributed by atoms with Gasteiger partial charge in [0.25, 0.3) is 0 Å². The molecule has 43 heavy (non-hydrogen) atoms. The highest BCUT2D eigenvalue weighted by molar-refractivity contribution is 5.68. The molecule has 222 valence electrons. The molecule has 0 saturated heterocycles. The van der Waals surface area contributed by atoms with Crippen molar-refractivity contribution in [3.8, 4) is 34.8 Å². The molecule has 3 aromatic heterocycles. The van der Waals surface area contributed by atoms with Crippen molar-refractivity contribution in [3.05, 3.63) is 65.0 Å². The average Bonchev–Trinajstić information content (AvgIpc) is 3.78. The van der Waals surface area contributed by atoms with Crippen molar-refractivity contribution < 1.29 is 17.9 Å². The molecule has 1 fully saturated rings. The third kappa shape index (κ3) is 5.69. The van der Waals surface area contributed by atoms with E-state index in [1.807, 2.05) is 12.1 Å². The van der Waals surface area contributed by atoms with Crippen LogP contribution >= 0.6 is 0 Å². The molecule has 0 bridgehead atoms. The Bertz CT molecular complexity index is 1690. The van der Waals surface area contributed by atoms with E-state index < -0.39 is 11.9 Å². The van der Waals surface area contributed by atoms with Crippen LogP contribution in [-0.4, -0.2) is 54.6 Å². The molecule has 4 aromatic rings. The molecule has 1 saturated carbocycles. The highest BCUT2D eigenvalue weighted by Crippen LogP contribution is 2.45. The Labute approximate surface area is 246 Å². The number of fused-ring (bicyclic) bond motifs is 1. The summed E-state index contributed by atoms with van der Waals surface area (Å²) in [5.74, 6) is 2.14. The van der Waals surface area contributed by atoms with Crippen molar-refractivity contribution >= 4 is 5.82 Å². The smallest absolute Gasteiger partial charge is 0.434 e. The third-order valence-electron chi connectivity index (χ3n) is 8.01. The monoisotopic (exact) mass is 589 g/mol. The Kier molecular flexibility index (Phi) is 7.37. The van der Waals surface area contributed by atoms with Crippen LogP contribution in [0.1, 0.15) is 53.4 Å². The molecule has 0 amide bonds. The van der Waals surface area contributed by atoms with E-state index >= 15 is 0 Å². The number of hydrogen-bond donors (Lipinski definition) is 1. The molecule has 2 aliphatic carbocycles. The van der Waals surface area contributed by atoms with Gasteiger partial charge in [0.15, 0.2) is 17.7 Å². The fourth-order valence-electron chi connectivity index (χ4n) is 5.50. The molecule has 0 aliphatic heterocycles. The van der Waals surface area contributed by atoms with E-state index in [9.17, 15) is 18.4 Å². The number of nitriles is 1. The number of anilines is 1. The van der Waals surface area contributed by atoms with Crippen LogP contribution in [0.2, 0.25) is 0 Å². The van der Waals surface area contributed by atoms with Crippen LogP contribution in [0.3, 0.4) is 0 Å². The number of aromatic nitrogens is 6. The molecule has 0 spiro atoms. The summed E-state index contributed by atoms with van der Waals surface area (Å²) in [6.07, 6.45) is 4.37. The van der Waals surface area contributed by atoms with Crippen molar-refractivity contribution in [2.75, 3.05) is 19.5 Å². The van der Waals surface area contributed by atoms with Crippen LogP contribution in [0.15, 0.2) is 36.8 Å². The first kappa shape index (κ1) is 28.4. The van der Waals surface area contributed by atoms with Crippen molar-refractivity contribution in [3.63, 3.8) is 0 Å². The number of methoxy groups -OCH3 is 1. The summed E-state index contributed by atoms with van der Waals surface area (Å²) in [5, 5.41) is 13.0. The van der Waals surface area contributed by atoms with Crippen LogP contribution in [-0.2, 0) is 32.6 Å². The van der Waals surface area contributed by atoms with Crippen molar-refractivity contribution in [1.82, 2.24) is 34.4 Å². The Morgan fingerprint density at radius 3 is 2.53 bits per heavy atom. The number of likely N-dealkylation sites (N-methyl/N-ethyl adjacent to an activating group) is 1. The molecule has 10 nitrogen and oxygen atoms in total. The van der Waals surface area contributed by atoms with Crippen LogP contribution in [0.25, 0.3) is 22.8 Å². The van der Waals surface area contributed by atoms with Gasteiger partial charge in [-0.15, -0.1) is 0 Å². The van der Waals surface area contributed by atoms with Gasteiger partial charge in [-0.1, -0.05) is 24.3 Å². The van der Waals surface area contributed by atoms with Gasteiger partial charge in [0.05, 0.1) is 12.8 Å². The third-order valence-corrected chi connectivity index (χ3v) is 8.01. The Balaban J connectivity index is 1.32. The highest BCUT2D eigenvalue weighted by atomic mass is 19.4. The number of imidazole rings is 1. The van der Waals surface area contributed by atoms with E-state index in [1.54, 1.807) is 38.2 Å². The maximum atomic E-state index is 13.1. The molecule has 13 heteroatoms. The first-order valence-electron chi connectivity index (χ1n) is 14.0. The second-order valence-electron chi connectivity index (χ2n) is 11.0. The van der Waals surface area contributed by atoms with Gasteiger partial charge in [-0.05, 0) is 37.7 Å². The summed E-state index contributed by atoms with van der Waals surface area (Å²) in [6.45, 7) is 0.411. The fraction of sp³-hybridized carbons (Fsp3) is 0.400. The number of nitrogens with zero attached hydrogens (tertiary/aromatic N) is 8. The summed E-state index contributed by atoms with van der Waals surface area (Å²) in [5.41, 5.74) is 4.01. The Morgan fingerprint density at radius 1 is 1.12 bits per heavy atom. The van der Waals surface area contributed by atoms with Crippen molar-refractivity contribution in [2.24, 2.45) is 7.05 Å². The van der Waals surface area contributed by atoms with Crippen LogP contribution in [0.4, 0.5) is 19.0 Å². The summed E-state index contributed by atoms with van der Waals surface area (Å²) < 4.78 is 46.4. The molecule has 3 heterocycles. The van der Waals surface area contributed by atoms with E-state index in [-0.39, 0.29) is 11.9 Å². The lowest BCUT2D eigenvalue weighted by Crippen LogP contribution is -2.34. The number of rotatable bonds is 8. The minimum atomic E-state index is -4.51. The summed E-state index contributed by atoms with van der Waals surface area (Å²) >= 11 is 0. The highest BCUT2D eigenvalue weighted by Gasteiger charge is 2.35. The first-order valence-corrected chi connectivity index (χ1v) is 14.0. The van der Waals surface area contributed by atoms with E-state index in [0.717, 1.165) is 48.0 Å². The molecule has 0 radical (unpaired) electrons. The second kappa shape index (κ2) is 11.2. The lowest BCUT2D eigenvalue weighted by atomic mass is 9.91. The van der Waals surface area contributed by atoms with Gasteiger partial charge >= 0.3 is 6.18 Å². The zero-order valence-electron chi connectivity index (χ0n) is 24.0. The van der Waals surface area contributed by atoms with E-state index in [1.165, 1.54) is 10.9 Å². The van der Waals surface area contributed by atoms with Crippen LogP contribution in [0.5, 0.6) is 5.88 Å². The lowest BCUT2D eigenvalue weighted by Gasteiger charge is -2.30. The topological polar surface area (TPSA) is 118 Å². The zero-order valence-corrected chi connectivity index (χ0v) is 24.0. The Morgan fingerprint density at radius 2 is 1.88 bits per heavy atom.